The zero-order chi connectivity index (χ0) is 13.1. The molecule has 0 unspecified atom stereocenters. The summed E-state index contributed by atoms with van der Waals surface area (Å²) in [5.41, 5.74) is 4.54. The second kappa shape index (κ2) is 5.57. The minimum Gasteiger partial charge on any atom is -0.487 e. The lowest BCUT2D eigenvalue weighted by atomic mass is 9.96. The summed E-state index contributed by atoms with van der Waals surface area (Å²) in [6.07, 6.45) is 5.06. The summed E-state index contributed by atoms with van der Waals surface area (Å²) in [5.74, 6) is 0.932. The highest BCUT2D eigenvalue weighted by molar-refractivity contribution is 9.09. The van der Waals surface area contributed by atoms with Gasteiger partial charge < -0.3 is 4.74 Å². The van der Waals surface area contributed by atoms with Gasteiger partial charge in [-0.3, -0.25) is 4.98 Å². The topological polar surface area (TPSA) is 22.1 Å². The molecule has 0 atom stereocenters. The van der Waals surface area contributed by atoms with Crippen molar-refractivity contribution < 1.29 is 4.74 Å². The van der Waals surface area contributed by atoms with Crippen molar-refractivity contribution >= 4 is 21.5 Å². The molecule has 0 N–H and O–H groups in total. The first-order valence-corrected chi connectivity index (χ1v) is 7.45. The van der Waals surface area contributed by atoms with Crippen LogP contribution in [0.1, 0.15) is 23.2 Å². The normalized spacial score (nSPS) is 15.3. The van der Waals surface area contributed by atoms with Crippen LogP contribution in [0, 0.1) is 0 Å². The Bertz CT molecular complexity index is 572. The molecule has 0 aliphatic carbocycles. The fourth-order valence-corrected chi connectivity index (χ4v) is 2.55. The Kier molecular flexibility index (Phi) is 3.65. The highest BCUT2D eigenvalue weighted by Gasteiger charge is 2.18. The molecule has 2 heterocycles. The van der Waals surface area contributed by atoms with E-state index < -0.39 is 0 Å². The lowest BCUT2D eigenvalue weighted by molar-refractivity contribution is 0.302. The van der Waals surface area contributed by atoms with E-state index in [1.54, 1.807) is 0 Å². The van der Waals surface area contributed by atoms with Crippen molar-refractivity contribution in [2.45, 2.75) is 13.0 Å². The SMILES string of the molecule is BrCC/C=C1\c2ccccc2OCc2ncccc21. The molecule has 0 saturated carbocycles. The Morgan fingerprint density at radius 3 is 2.89 bits per heavy atom. The molecule has 19 heavy (non-hydrogen) atoms. The van der Waals surface area contributed by atoms with Crippen LogP contribution in [0.3, 0.4) is 0 Å². The van der Waals surface area contributed by atoms with Crippen LogP contribution in [0.2, 0.25) is 0 Å². The molecule has 2 nitrogen and oxygen atoms in total. The molecule has 3 heteroatoms. The van der Waals surface area contributed by atoms with Gasteiger partial charge in [0.25, 0.3) is 0 Å². The van der Waals surface area contributed by atoms with Gasteiger partial charge >= 0.3 is 0 Å². The van der Waals surface area contributed by atoms with Gasteiger partial charge in [0, 0.05) is 22.7 Å². The highest BCUT2D eigenvalue weighted by Crippen LogP contribution is 2.35. The Labute approximate surface area is 121 Å². The monoisotopic (exact) mass is 315 g/mol. The van der Waals surface area contributed by atoms with Gasteiger partial charge in [-0.2, -0.15) is 0 Å². The molecule has 0 saturated heterocycles. The van der Waals surface area contributed by atoms with Gasteiger partial charge in [0.15, 0.2) is 0 Å². The second-order valence-electron chi connectivity index (χ2n) is 4.38. The van der Waals surface area contributed by atoms with E-state index in [0.717, 1.165) is 28.8 Å². The van der Waals surface area contributed by atoms with Gasteiger partial charge in [-0.25, -0.2) is 0 Å². The van der Waals surface area contributed by atoms with Gasteiger partial charge in [-0.1, -0.05) is 46.3 Å². The Morgan fingerprint density at radius 1 is 1.16 bits per heavy atom. The molecule has 0 bridgehead atoms. The first-order valence-electron chi connectivity index (χ1n) is 6.33. The van der Waals surface area contributed by atoms with Crippen LogP contribution in [0.15, 0.2) is 48.7 Å². The van der Waals surface area contributed by atoms with Crippen LogP contribution >= 0.6 is 15.9 Å². The van der Waals surface area contributed by atoms with Crippen LogP contribution in [0.25, 0.3) is 5.57 Å². The Balaban J connectivity index is 2.19. The smallest absolute Gasteiger partial charge is 0.131 e. The van der Waals surface area contributed by atoms with E-state index in [4.69, 9.17) is 4.74 Å². The van der Waals surface area contributed by atoms with Crippen molar-refractivity contribution in [2.75, 3.05) is 5.33 Å². The van der Waals surface area contributed by atoms with Crippen molar-refractivity contribution in [2.24, 2.45) is 0 Å². The summed E-state index contributed by atoms with van der Waals surface area (Å²) in [6, 6.07) is 12.3. The summed E-state index contributed by atoms with van der Waals surface area (Å²) < 4.78 is 5.87. The van der Waals surface area contributed by atoms with Gasteiger partial charge in [0.2, 0.25) is 0 Å². The molecule has 3 rings (SSSR count). The zero-order valence-corrected chi connectivity index (χ0v) is 12.1. The molecular weight excluding hydrogens is 302 g/mol. The standard InChI is InChI=1S/C16H14BrNO/c17-9-3-6-12-13-7-4-10-18-15(13)11-19-16-8-2-1-5-14(12)16/h1-2,4-8,10H,3,9,11H2/b12-6-. The van der Waals surface area contributed by atoms with Gasteiger partial charge in [-0.05, 0) is 24.1 Å². The zero-order valence-electron chi connectivity index (χ0n) is 10.5. The summed E-state index contributed by atoms with van der Waals surface area (Å²) in [4.78, 5) is 4.44. The maximum atomic E-state index is 5.87. The number of aromatic nitrogens is 1. The number of hydrogen-bond donors (Lipinski definition) is 0. The average molecular weight is 316 g/mol. The number of benzene rings is 1. The molecule has 0 fully saturated rings. The lowest BCUT2D eigenvalue weighted by Gasteiger charge is -2.09. The van der Waals surface area contributed by atoms with Crippen LogP contribution in [-0.2, 0) is 6.61 Å². The van der Waals surface area contributed by atoms with E-state index in [1.807, 2.05) is 30.5 Å². The van der Waals surface area contributed by atoms with Crippen LogP contribution < -0.4 is 4.74 Å². The average Bonchev–Trinajstić information content (AvgIpc) is 2.62. The number of pyridine rings is 1. The van der Waals surface area contributed by atoms with Crippen LogP contribution in [0.5, 0.6) is 5.75 Å². The number of hydrogen-bond acceptors (Lipinski definition) is 2. The summed E-state index contributed by atoms with van der Waals surface area (Å²) in [6.45, 7) is 0.527. The predicted molar refractivity (Wildman–Crippen MR) is 80.5 cm³/mol. The second-order valence-corrected chi connectivity index (χ2v) is 5.17. The van der Waals surface area contributed by atoms with Crippen molar-refractivity contribution in [3.8, 4) is 5.75 Å². The first kappa shape index (κ1) is 12.4. The summed E-state index contributed by atoms with van der Waals surface area (Å²) in [5, 5.41) is 0.953. The van der Waals surface area contributed by atoms with E-state index in [0.29, 0.717) is 6.61 Å². The molecule has 0 radical (unpaired) electrons. The van der Waals surface area contributed by atoms with Gasteiger partial charge in [0.1, 0.15) is 12.4 Å². The minimum absolute atomic E-state index is 0.527. The van der Waals surface area contributed by atoms with Gasteiger partial charge in [0.05, 0.1) is 5.69 Å². The summed E-state index contributed by atoms with van der Waals surface area (Å²) in [7, 11) is 0. The fraction of sp³-hybridized carbons (Fsp3) is 0.188. The van der Waals surface area contributed by atoms with E-state index in [2.05, 4.69) is 39.1 Å². The third kappa shape index (κ3) is 2.43. The first-order chi connectivity index (χ1) is 9.40. The number of ether oxygens (including phenoxy) is 1. The van der Waals surface area contributed by atoms with E-state index >= 15 is 0 Å². The summed E-state index contributed by atoms with van der Waals surface area (Å²) >= 11 is 3.48. The molecule has 2 aromatic rings. The van der Waals surface area contributed by atoms with E-state index in [-0.39, 0.29) is 0 Å². The maximum Gasteiger partial charge on any atom is 0.131 e. The van der Waals surface area contributed by atoms with Crippen LogP contribution in [0.4, 0.5) is 0 Å². The number of halogens is 1. The molecule has 0 spiro atoms. The number of allylic oxidation sites excluding steroid dienone is 1. The maximum absolute atomic E-state index is 5.87. The minimum atomic E-state index is 0.527. The highest BCUT2D eigenvalue weighted by atomic mass is 79.9. The van der Waals surface area contributed by atoms with Gasteiger partial charge in [-0.15, -0.1) is 0 Å². The molecule has 1 aliphatic heterocycles. The molecule has 1 aliphatic rings. The van der Waals surface area contributed by atoms with Crippen molar-refractivity contribution in [1.29, 1.82) is 0 Å². The third-order valence-electron chi connectivity index (χ3n) is 3.18. The third-order valence-corrected chi connectivity index (χ3v) is 3.64. The van der Waals surface area contributed by atoms with E-state index in [9.17, 15) is 0 Å². The van der Waals surface area contributed by atoms with Crippen molar-refractivity contribution in [1.82, 2.24) is 4.98 Å². The number of nitrogens with zero attached hydrogens (tertiary/aromatic N) is 1. The molecule has 96 valence electrons. The number of rotatable bonds is 2. The number of para-hydroxylation sites is 1. The quantitative estimate of drug-likeness (QED) is 0.775. The Morgan fingerprint density at radius 2 is 2.00 bits per heavy atom. The largest absolute Gasteiger partial charge is 0.487 e. The molecular formula is C16H14BrNO. The van der Waals surface area contributed by atoms with Crippen molar-refractivity contribution in [3.05, 3.63) is 65.5 Å². The lowest BCUT2D eigenvalue weighted by Crippen LogP contribution is -1.98. The Hall–Kier alpha value is -1.61. The number of fused-ring (bicyclic) bond motifs is 2. The molecule has 0 amide bonds. The number of alkyl halides is 1. The van der Waals surface area contributed by atoms with E-state index in [1.165, 1.54) is 11.1 Å². The van der Waals surface area contributed by atoms with Crippen molar-refractivity contribution in [3.63, 3.8) is 0 Å². The molecule has 1 aromatic heterocycles. The fourth-order valence-electron chi connectivity index (χ4n) is 2.32. The predicted octanol–water partition coefficient (Wildman–Crippen LogP) is 4.19. The molecule has 1 aromatic carbocycles. The van der Waals surface area contributed by atoms with Crippen LogP contribution in [-0.4, -0.2) is 10.3 Å².